The highest BCUT2D eigenvalue weighted by molar-refractivity contribution is 5.97. The van der Waals surface area contributed by atoms with Crippen LogP contribution in [-0.4, -0.2) is 43.0 Å². The predicted molar refractivity (Wildman–Crippen MR) is 82.3 cm³/mol. The van der Waals surface area contributed by atoms with Crippen molar-refractivity contribution in [2.45, 2.75) is 26.3 Å². The maximum absolute atomic E-state index is 12.3. The second kappa shape index (κ2) is 6.47. The number of anilines is 1. The number of carbonyl (C=O) groups is 2. The van der Waals surface area contributed by atoms with Gasteiger partial charge in [-0.25, -0.2) is 0 Å². The van der Waals surface area contributed by atoms with Crippen LogP contribution in [0.4, 0.5) is 5.69 Å². The van der Waals surface area contributed by atoms with Gasteiger partial charge in [0.2, 0.25) is 5.91 Å². The van der Waals surface area contributed by atoms with Crippen LogP contribution < -0.4 is 15.8 Å². The fourth-order valence-electron chi connectivity index (χ4n) is 1.81. The van der Waals surface area contributed by atoms with Crippen LogP contribution in [0.1, 0.15) is 31.1 Å². The van der Waals surface area contributed by atoms with Gasteiger partial charge in [0.1, 0.15) is 5.75 Å². The third-order valence-corrected chi connectivity index (χ3v) is 2.72. The van der Waals surface area contributed by atoms with Gasteiger partial charge in [-0.2, -0.15) is 0 Å². The number of amides is 2. The monoisotopic (exact) mass is 293 g/mol. The summed E-state index contributed by atoms with van der Waals surface area (Å²) in [6.07, 6.45) is 0. The topological polar surface area (TPSA) is 84.7 Å². The van der Waals surface area contributed by atoms with Gasteiger partial charge >= 0.3 is 0 Å². The van der Waals surface area contributed by atoms with Crippen molar-refractivity contribution in [1.29, 1.82) is 0 Å². The Morgan fingerprint density at radius 1 is 1.33 bits per heavy atom. The lowest BCUT2D eigenvalue weighted by atomic mass is 10.1. The molecule has 3 N–H and O–H groups in total. The molecule has 0 bridgehead atoms. The zero-order chi connectivity index (χ0) is 16.2. The molecule has 1 aromatic rings. The second-order valence-corrected chi connectivity index (χ2v) is 5.92. The molecule has 6 nitrogen and oxygen atoms in total. The Morgan fingerprint density at radius 3 is 2.48 bits per heavy atom. The number of ether oxygens (including phenoxy) is 1. The van der Waals surface area contributed by atoms with Gasteiger partial charge < -0.3 is 20.7 Å². The molecule has 6 heteroatoms. The molecule has 0 saturated heterocycles. The van der Waals surface area contributed by atoms with Crippen molar-refractivity contribution in [3.8, 4) is 5.75 Å². The lowest BCUT2D eigenvalue weighted by molar-refractivity contribution is -0.122. The number of nitrogens with zero attached hydrogens (tertiary/aromatic N) is 1. The molecule has 116 valence electrons. The molecule has 0 heterocycles. The van der Waals surface area contributed by atoms with Crippen LogP contribution in [0, 0.1) is 0 Å². The van der Waals surface area contributed by atoms with Gasteiger partial charge in [0.25, 0.3) is 5.91 Å². The summed E-state index contributed by atoms with van der Waals surface area (Å²) in [4.78, 5) is 25.5. The highest BCUT2D eigenvalue weighted by atomic mass is 16.5. The first-order chi connectivity index (χ1) is 9.64. The van der Waals surface area contributed by atoms with Gasteiger partial charge in [0.05, 0.1) is 19.3 Å². The van der Waals surface area contributed by atoms with Crippen LogP contribution in [-0.2, 0) is 4.79 Å². The lowest BCUT2D eigenvalue weighted by Crippen LogP contribution is -2.46. The Balaban J connectivity index is 2.77. The van der Waals surface area contributed by atoms with E-state index in [1.165, 1.54) is 12.0 Å². The summed E-state index contributed by atoms with van der Waals surface area (Å²) in [5, 5.41) is 2.81. The Labute approximate surface area is 125 Å². The van der Waals surface area contributed by atoms with E-state index in [4.69, 9.17) is 10.5 Å². The van der Waals surface area contributed by atoms with Crippen molar-refractivity contribution < 1.29 is 14.3 Å². The molecule has 1 aromatic carbocycles. The molecule has 2 amide bonds. The number of hydrogen-bond acceptors (Lipinski definition) is 4. The Kier molecular flexibility index (Phi) is 5.18. The van der Waals surface area contributed by atoms with E-state index in [-0.39, 0.29) is 23.9 Å². The van der Waals surface area contributed by atoms with Crippen molar-refractivity contribution >= 4 is 17.5 Å². The summed E-state index contributed by atoms with van der Waals surface area (Å²) >= 11 is 0. The standard InChI is InChI=1S/C15H23N3O3/c1-15(2,3)17-13(19)9-18(4)14(20)10-6-7-11(16)12(8-10)21-5/h6-8H,9,16H2,1-5H3,(H,17,19). The molecule has 21 heavy (non-hydrogen) atoms. The molecule has 0 unspecified atom stereocenters. The van der Waals surface area contributed by atoms with E-state index in [1.807, 2.05) is 20.8 Å². The van der Waals surface area contributed by atoms with Crippen LogP contribution in [0.5, 0.6) is 5.75 Å². The minimum Gasteiger partial charge on any atom is -0.495 e. The van der Waals surface area contributed by atoms with E-state index in [0.717, 1.165) is 0 Å². The van der Waals surface area contributed by atoms with Gasteiger partial charge in [-0.3, -0.25) is 9.59 Å². The van der Waals surface area contributed by atoms with E-state index in [1.54, 1.807) is 25.2 Å². The predicted octanol–water partition coefficient (Wildman–Crippen LogP) is 1.26. The van der Waals surface area contributed by atoms with Gasteiger partial charge in [0, 0.05) is 18.2 Å². The Morgan fingerprint density at radius 2 is 1.95 bits per heavy atom. The molecule has 0 aliphatic carbocycles. The molecule has 0 aliphatic heterocycles. The molecule has 1 rings (SSSR count). The number of benzene rings is 1. The Bertz CT molecular complexity index is 535. The molecule has 0 saturated carbocycles. The van der Waals surface area contributed by atoms with Crippen molar-refractivity contribution in [3.05, 3.63) is 23.8 Å². The number of methoxy groups -OCH3 is 1. The average Bonchev–Trinajstić information content (AvgIpc) is 2.36. The summed E-state index contributed by atoms with van der Waals surface area (Å²) in [5.41, 5.74) is 6.27. The smallest absolute Gasteiger partial charge is 0.254 e. The summed E-state index contributed by atoms with van der Waals surface area (Å²) in [7, 11) is 3.06. The number of nitrogen functional groups attached to an aromatic ring is 1. The van der Waals surface area contributed by atoms with E-state index < -0.39 is 0 Å². The zero-order valence-electron chi connectivity index (χ0n) is 13.2. The van der Waals surface area contributed by atoms with Crippen LogP contribution in [0.25, 0.3) is 0 Å². The molecule has 0 radical (unpaired) electrons. The number of nitrogens with two attached hydrogens (primary N) is 1. The fourth-order valence-corrected chi connectivity index (χ4v) is 1.81. The first-order valence-corrected chi connectivity index (χ1v) is 6.64. The normalized spacial score (nSPS) is 10.9. The molecule has 0 aliphatic rings. The number of likely N-dealkylation sites (N-methyl/N-ethyl adjacent to an activating group) is 1. The largest absolute Gasteiger partial charge is 0.495 e. The minimum atomic E-state index is -0.328. The maximum atomic E-state index is 12.3. The number of rotatable bonds is 4. The van der Waals surface area contributed by atoms with Crippen LogP contribution >= 0.6 is 0 Å². The van der Waals surface area contributed by atoms with E-state index in [9.17, 15) is 9.59 Å². The van der Waals surface area contributed by atoms with Crippen molar-refractivity contribution in [3.63, 3.8) is 0 Å². The van der Waals surface area contributed by atoms with E-state index in [0.29, 0.717) is 17.0 Å². The molecular weight excluding hydrogens is 270 g/mol. The average molecular weight is 293 g/mol. The van der Waals surface area contributed by atoms with Crippen molar-refractivity contribution in [2.24, 2.45) is 0 Å². The summed E-state index contributed by atoms with van der Waals surface area (Å²) in [5.74, 6) is -0.0356. The van der Waals surface area contributed by atoms with Crippen molar-refractivity contribution in [1.82, 2.24) is 10.2 Å². The van der Waals surface area contributed by atoms with Gasteiger partial charge in [-0.1, -0.05) is 0 Å². The number of nitrogens with one attached hydrogen (secondary N) is 1. The highest BCUT2D eigenvalue weighted by Crippen LogP contribution is 2.22. The zero-order valence-corrected chi connectivity index (χ0v) is 13.2. The molecular formula is C15H23N3O3. The Hall–Kier alpha value is -2.24. The first kappa shape index (κ1) is 16.8. The van der Waals surface area contributed by atoms with Crippen LogP contribution in [0.15, 0.2) is 18.2 Å². The third-order valence-electron chi connectivity index (χ3n) is 2.72. The molecule has 0 atom stereocenters. The van der Waals surface area contributed by atoms with Crippen LogP contribution in [0.2, 0.25) is 0 Å². The molecule has 0 aromatic heterocycles. The lowest BCUT2D eigenvalue weighted by Gasteiger charge is -2.23. The fraction of sp³-hybridized carbons (Fsp3) is 0.467. The second-order valence-electron chi connectivity index (χ2n) is 5.92. The van der Waals surface area contributed by atoms with Crippen LogP contribution in [0.3, 0.4) is 0 Å². The highest BCUT2D eigenvalue weighted by Gasteiger charge is 2.19. The number of hydrogen-bond donors (Lipinski definition) is 2. The van der Waals surface area contributed by atoms with Crippen molar-refractivity contribution in [2.75, 3.05) is 26.4 Å². The molecule has 0 spiro atoms. The molecule has 0 fully saturated rings. The summed E-state index contributed by atoms with van der Waals surface area (Å²) in [6.45, 7) is 5.65. The summed E-state index contributed by atoms with van der Waals surface area (Å²) < 4.78 is 5.09. The van der Waals surface area contributed by atoms with Gasteiger partial charge in [-0.05, 0) is 39.0 Å². The number of carbonyl (C=O) groups excluding carboxylic acids is 2. The SMILES string of the molecule is COc1cc(C(=O)N(C)CC(=O)NC(C)(C)C)ccc1N. The third kappa shape index (κ3) is 4.98. The van der Waals surface area contributed by atoms with E-state index in [2.05, 4.69) is 5.32 Å². The quantitative estimate of drug-likeness (QED) is 0.819. The maximum Gasteiger partial charge on any atom is 0.254 e. The first-order valence-electron chi connectivity index (χ1n) is 6.64. The van der Waals surface area contributed by atoms with Gasteiger partial charge in [0.15, 0.2) is 0 Å². The van der Waals surface area contributed by atoms with Gasteiger partial charge in [-0.15, -0.1) is 0 Å². The van der Waals surface area contributed by atoms with E-state index >= 15 is 0 Å². The summed E-state index contributed by atoms with van der Waals surface area (Å²) in [6, 6.07) is 4.78. The minimum absolute atomic E-state index is 0.0111.